The van der Waals surface area contributed by atoms with E-state index in [0.717, 1.165) is 88.2 Å². The highest BCUT2D eigenvalue weighted by atomic mass is 16.3. The first-order valence-electron chi connectivity index (χ1n) is 18.2. The fraction of sp³-hybridized carbons (Fsp3) is 0. The molecular weight excluding hydrogens is 659 g/mol. The van der Waals surface area contributed by atoms with Crippen LogP contribution in [0.2, 0.25) is 0 Å². The van der Waals surface area contributed by atoms with Gasteiger partial charge in [-0.1, -0.05) is 146 Å². The number of nitrogens with zero attached hydrogens (tertiary/aromatic N) is 3. The van der Waals surface area contributed by atoms with Crippen LogP contribution in [0.1, 0.15) is 0 Å². The lowest BCUT2D eigenvalue weighted by Gasteiger charge is -2.14. The molecule has 54 heavy (non-hydrogen) atoms. The summed E-state index contributed by atoms with van der Waals surface area (Å²) in [7, 11) is 0. The van der Waals surface area contributed by atoms with E-state index >= 15 is 0 Å². The number of para-hydroxylation sites is 3. The fourth-order valence-corrected chi connectivity index (χ4v) is 8.12. The Morgan fingerprint density at radius 2 is 0.963 bits per heavy atom. The van der Waals surface area contributed by atoms with Crippen molar-refractivity contribution in [1.82, 2.24) is 14.5 Å². The molecular formula is C50H31N3O. The third-order valence-corrected chi connectivity index (χ3v) is 10.6. The Hall–Kier alpha value is -7.30. The molecule has 4 heteroatoms. The molecule has 0 N–H and O–H groups in total. The maximum atomic E-state index is 6.86. The average Bonchev–Trinajstić information content (AvgIpc) is 3.80. The second-order valence-corrected chi connectivity index (χ2v) is 13.8. The van der Waals surface area contributed by atoms with Gasteiger partial charge in [0, 0.05) is 32.5 Å². The molecule has 3 aromatic heterocycles. The lowest BCUT2D eigenvalue weighted by molar-refractivity contribution is 0.671. The largest absolute Gasteiger partial charge is 0.454 e. The molecule has 4 nitrogen and oxygen atoms in total. The average molecular weight is 690 g/mol. The maximum Gasteiger partial charge on any atom is 0.235 e. The molecule has 0 aliphatic rings. The molecule has 0 aliphatic carbocycles. The van der Waals surface area contributed by atoms with Crippen molar-refractivity contribution in [2.45, 2.75) is 0 Å². The number of furan rings is 1. The van der Waals surface area contributed by atoms with Crippen molar-refractivity contribution in [3.8, 4) is 50.6 Å². The van der Waals surface area contributed by atoms with Crippen LogP contribution >= 0.6 is 0 Å². The number of hydrogen-bond donors (Lipinski definition) is 0. The van der Waals surface area contributed by atoms with Gasteiger partial charge < -0.3 is 4.42 Å². The second kappa shape index (κ2) is 12.1. The lowest BCUT2D eigenvalue weighted by Crippen LogP contribution is -2.03. The molecule has 0 amide bonds. The van der Waals surface area contributed by atoms with Crippen molar-refractivity contribution in [2.75, 3.05) is 0 Å². The summed E-state index contributed by atoms with van der Waals surface area (Å²) < 4.78 is 9.08. The fourth-order valence-electron chi connectivity index (χ4n) is 8.12. The quantitative estimate of drug-likeness (QED) is 0.181. The molecule has 0 saturated heterocycles. The van der Waals surface area contributed by atoms with E-state index in [9.17, 15) is 0 Å². The van der Waals surface area contributed by atoms with E-state index in [1.807, 2.05) is 18.2 Å². The summed E-state index contributed by atoms with van der Waals surface area (Å²) in [6, 6.07) is 66.2. The van der Waals surface area contributed by atoms with E-state index in [0.29, 0.717) is 5.95 Å². The number of benzene rings is 8. The summed E-state index contributed by atoms with van der Waals surface area (Å²) in [5.41, 5.74) is 13.3. The Morgan fingerprint density at radius 3 is 1.67 bits per heavy atom. The minimum Gasteiger partial charge on any atom is -0.454 e. The molecule has 3 heterocycles. The van der Waals surface area contributed by atoms with Crippen LogP contribution in [0.5, 0.6) is 0 Å². The third-order valence-electron chi connectivity index (χ3n) is 10.6. The number of rotatable bonds is 5. The molecule has 11 rings (SSSR count). The van der Waals surface area contributed by atoms with Gasteiger partial charge in [0.25, 0.3) is 0 Å². The topological polar surface area (TPSA) is 43.9 Å². The molecule has 0 radical (unpaired) electrons. The van der Waals surface area contributed by atoms with Gasteiger partial charge in [0.05, 0.1) is 16.7 Å². The highest BCUT2D eigenvalue weighted by molar-refractivity contribution is 6.26. The monoisotopic (exact) mass is 689 g/mol. The number of fused-ring (bicyclic) bond motifs is 8. The molecule has 0 bridgehead atoms. The minimum atomic E-state index is 0.598. The van der Waals surface area contributed by atoms with Crippen molar-refractivity contribution < 1.29 is 4.42 Å². The molecule has 11 aromatic rings. The summed E-state index contributed by atoms with van der Waals surface area (Å²) >= 11 is 0. The van der Waals surface area contributed by atoms with Gasteiger partial charge in [-0.3, -0.25) is 4.57 Å². The van der Waals surface area contributed by atoms with E-state index in [1.165, 1.54) is 11.1 Å². The van der Waals surface area contributed by atoms with Gasteiger partial charge in [0.2, 0.25) is 5.95 Å². The van der Waals surface area contributed by atoms with E-state index in [2.05, 4.69) is 174 Å². The summed E-state index contributed by atoms with van der Waals surface area (Å²) in [4.78, 5) is 10.7. The van der Waals surface area contributed by atoms with Crippen LogP contribution in [0.25, 0.3) is 105 Å². The van der Waals surface area contributed by atoms with E-state index < -0.39 is 0 Å². The molecule has 252 valence electrons. The molecule has 0 aliphatic heterocycles. The van der Waals surface area contributed by atoms with Gasteiger partial charge in [-0.15, -0.1) is 0 Å². The Kier molecular flexibility index (Phi) is 6.82. The van der Waals surface area contributed by atoms with Crippen molar-refractivity contribution in [3.63, 3.8) is 0 Å². The summed E-state index contributed by atoms with van der Waals surface area (Å²) in [5, 5.41) is 5.33. The molecule has 8 aromatic carbocycles. The van der Waals surface area contributed by atoms with E-state index in [4.69, 9.17) is 14.4 Å². The molecule has 0 fully saturated rings. The van der Waals surface area contributed by atoms with E-state index in [-0.39, 0.29) is 0 Å². The van der Waals surface area contributed by atoms with Crippen LogP contribution < -0.4 is 0 Å². The molecule has 0 atom stereocenters. The molecule has 0 spiro atoms. The normalized spacial score (nSPS) is 11.7. The van der Waals surface area contributed by atoms with Gasteiger partial charge in [0.15, 0.2) is 5.58 Å². The van der Waals surface area contributed by atoms with Crippen LogP contribution in [0, 0.1) is 0 Å². The van der Waals surface area contributed by atoms with Crippen molar-refractivity contribution in [3.05, 3.63) is 188 Å². The standard InChI is InChI=1S/C50H31N3O/c1-4-16-32(17-5-1)35-28-36(33-18-6-2-7-19-33)30-37(29-35)41-31-42-38-22-12-15-27-45(38)54-49(42)48-46(41)40-24-11-14-26-44(40)53(48)50-51-43-25-13-10-23-39(43)47(52-50)34-20-8-3-9-21-34/h1-31H. The Morgan fingerprint density at radius 1 is 0.407 bits per heavy atom. The van der Waals surface area contributed by atoms with Gasteiger partial charge in [-0.2, -0.15) is 0 Å². The van der Waals surface area contributed by atoms with Gasteiger partial charge >= 0.3 is 0 Å². The van der Waals surface area contributed by atoms with E-state index in [1.54, 1.807) is 0 Å². The molecule has 0 unspecified atom stereocenters. The van der Waals surface area contributed by atoms with Crippen molar-refractivity contribution >= 4 is 54.6 Å². The van der Waals surface area contributed by atoms with Crippen molar-refractivity contribution in [1.29, 1.82) is 0 Å². The lowest BCUT2D eigenvalue weighted by atomic mass is 9.91. The van der Waals surface area contributed by atoms with Crippen LogP contribution in [0.15, 0.2) is 192 Å². The summed E-state index contributed by atoms with van der Waals surface area (Å²) in [5.74, 6) is 0.598. The number of aromatic nitrogens is 3. The molecule has 0 saturated carbocycles. The number of hydrogen-bond acceptors (Lipinski definition) is 3. The summed E-state index contributed by atoms with van der Waals surface area (Å²) in [6.07, 6.45) is 0. The zero-order valence-corrected chi connectivity index (χ0v) is 29.1. The first-order chi connectivity index (χ1) is 26.8. The zero-order valence-electron chi connectivity index (χ0n) is 29.1. The van der Waals surface area contributed by atoms with Crippen LogP contribution in [0.4, 0.5) is 0 Å². The smallest absolute Gasteiger partial charge is 0.235 e. The van der Waals surface area contributed by atoms with Gasteiger partial charge in [-0.05, 0) is 75.8 Å². The van der Waals surface area contributed by atoms with Crippen molar-refractivity contribution in [2.24, 2.45) is 0 Å². The predicted molar refractivity (Wildman–Crippen MR) is 223 cm³/mol. The van der Waals surface area contributed by atoms with Gasteiger partial charge in [-0.25, -0.2) is 9.97 Å². The van der Waals surface area contributed by atoms with Crippen LogP contribution in [-0.2, 0) is 0 Å². The van der Waals surface area contributed by atoms with Crippen LogP contribution in [0.3, 0.4) is 0 Å². The zero-order chi connectivity index (χ0) is 35.6. The summed E-state index contributed by atoms with van der Waals surface area (Å²) in [6.45, 7) is 0. The second-order valence-electron chi connectivity index (χ2n) is 13.8. The highest BCUT2D eigenvalue weighted by Gasteiger charge is 2.25. The maximum absolute atomic E-state index is 6.86. The Bertz CT molecular complexity index is 3140. The third kappa shape index (κ3) is 4.78. The van der Waals surface area contributed by atoms with Gasteiger partial charge in [0.1, 0.15) is 11.1 Å². The Labute approximate surface area is 311 Å². The van der Waals surface area contributed by atoms with Crippen LogP contribution in [-0.4, -0.2) is 14.5 Å². The first kappa shape index (κ1) is 30.3. The Balaban J connectivity index is 1.30. The minimum absolute atomic E-state index is 0.598. The predicted octanol–water partition coefficient (Wildman–Crippen LogP) is 13.3. The first-order valence-corrected chi connectivity index (χ1v) is 18.2. The SMILES string of the molecule is c1ccc(-c2cc(-c3ccccc3)cc(-c3cc4c5ccccc5oc4c4c3c3ccccc3n4-c3nc(-c4ccccc4)c4ccccc4n3)c2)cc1. The highest BCUT2D eigenvalue weighted by Crippen LogP contribution is 2.46.